The Kier molecular flexibility index (Phi) is 55.7. The van der Waals surface area contributed by atoms with Gasteiger partial charge >= 0.3 is 17.9 Å². The van der Waals surface area contributed by atoms with Crippen LogP contribution in [0.5, 0.6) is 0 Å². The Hall–Kier alpha value is -2.63. The highest BCUT2D eigenvalue weighted by Gasteiger charge is 2.19. The predicted molar refractivity (Wildman–Crippen MR) is 298 cm³/mol. The molecule has 0 aliphatic heterocycles. The number of carbonyl (C=O) groups excluding carboxylic acids is 3. The maximum atomic E-state index is 12.8. The normalized spacial score (nSPS) is 12.3. The van der Waals surface area contributed by atoms with E-state index in [0.29, 0.717) is 19.3 Å². The summed E-state index contributed by atoms with van der Waals surface area (Å²) < 4.78 is 16.8. The average molecular weight is 968 g/mol. The monoisotopic (exact) mass is 967 g/mol. The van der Waals surface area contributed by atoms with Crippen LogP contribution < -0.4 is 0 Å². The van der Waals surface area contributed by atoms with Crippen molar-refractivity contribution in [2.24, 2.45) is 0 Å². The van der Waals surface area contributed by atoms with Crippen molar-refractivity contribution in [3.8, 4) is 0 Å². The van der Waals surface area contributed by atoms with Crippen LogP contribution in [-0.2, 0) is 28.6 Å². The minimum absolute atomic E-state index is 0.0668. The molecule has 6 nitrogen and oxygen atoms in total. The summed E-state index contributed by atoms with van der Waals surface area (Å²) in [6.45, 7) is 6.53. The third kappa shape index (κ3) is 56.2. The van der Waals surface area contributed by atoms with Crippen LogP contribution in [0.4, 0.5) is 0 Å². The minimum Gasteiger partial charge on any atom is -0.462 e. The standard InChI is InChI=1S/C63H114O6/c1-4-7-10-13-16-19-21-23-24-25-26-27-28-29-30-31-32-33-34-35-36-37-38-39-40-41-43-44-47-50-53-56-62(65)68-59-60(58-67-61(64)55-52-49-46-18-15-12-9-6-3)69-63(66)57-54-51-48-45-42-22-20-17-14-11-8-5-2/h7,10,16,19,23-24,26-27,60H,4-6,8-9,11-15,17-18,20-22,25,28-59H2,1-3H3/b10-7-,19-16-,24-23-,27-26-. The quantitative estimate of drug-likeness (QED) is 0.0262. The maximum absolute atomic E-state index is 12.8. The van der Waals surface area contributed by atoms with Crippen molar-refractivity contribution in [3.05, 3.63) is 48.6 Å². The van der Waals surface area contributed by atoms with E-state index in [0.717, 1.165) is 83.5 Å². The molecule has 0 aromatic heterocycles. The van der Waals surface area contributed by atoms with Gasteiger partial charge in [-0.05, 0) is 57.8 Å². The van der Waals surface area contributed by atoms with Crippen LogP contribution >= 0.6 is 0 Å². The molecular formula is C63H114O6. The lowest BCUT2D eigenvalue weighted by Gasteiger charge is -2.18. The Morgan fingerprint density at radius 2 is 0.565 bits per heavy atom. The van der Waals surface area contributed by atoms with Gasteiger partial charge in [0.2, 0.25) is 0 Å². The summed E-state index contributed by atoms with van der Waals surface area (Å²) in [5.41, 5.74) is 0. The lowest BCUT2D eigenvalue weighted by Crippen LogP contribution is -2.30. The molecule has 0 amide bonds. The molecule has 69 heavy (non-hydrogen) atoms. The number of allylic oxidation sites excluding steroid dienone is 8. The second-order valence-corrected chi connectivity index (χ2v) is 20.2. The second kappa shape index (κ2) is 57.9. The molecule has 0 fully saturated rings. The minimum atomic E-state index is -0.764. The molecule has 1 atom stereocenters. The van der Waals surface area contributed by atoms with Gasteiger partial charge in [-0.2, -0.15) is 0 Å². The number of carbonyl (C=O) groups is 3. The van der Waals surface area contributed by atoms with Crippen molar-refractivity contribution in [2.75, 3.05) is 13.2 Å². The molecule has 0 aromatic carbocycles. The number of esters is 3. The topological polar surface area (TPSA) is 78.9 Å². The number of hydrogen-bond acceptors (Lipinski definition) is 6. The van der Waals surface area contributed by atoms with Gasteiger partial charge in [0.05, 0.1) is 0 Å². The van der Waals surface area contributed by atoms with Crippen LogP contribution in [0.25, 0.3) is 0 Å². The zero-order chi connectivity index (χ0) is 50.0. The Morgan fingerprint density at radius 3 is 0.884 bits per heavy atom. The Labute approximate surface area is 428 Å². The molecule has 0 rings (SSSR count). The lowest BCUT2D eigenvalue weighted by atomic mass is 10.0. The van der Waals surface area contributed by atoms with Gasteiger partial charge in [0.25, 0.3) is 0 Å². The zero-order valence-corrected chi connectivity index (χ0v) is 46.1. The van der Waals surface area contributed by atoms with Crippen molar-refractivity contribution >= 4 is 17.9 Å². The van der Waals surface area contributed by atoms with Gasteiger partial charge in [-0.3, -0.25) is 14.4 Å². The molecule has 0 saturated heterocycles. The maximum Gasteiger partial charge on any atom is 0.306 e. The SMILES string of the molecule is CC/C=C\C/C=C\C/C=C\C/C=C\CCCCCCCCCCCCCCCCCCCCC(=O)OCC(COC(=O)CCCCCCCCCC)OC(=O)CCCCCCCCCCCCCC. The molecule has 0 bridgehead atoms. The predicted octanol–water partition coefficient (Wildman–Crippen LogP) is 20.2. The molecule has 6 heteroatoms. The fourth-order valence-corrected chi connectivity index (χ4v) is 8.85. The molecule has 0 aliphatic rings. The van der Waals surface area contributed by atoms with Gasteiger partial charge in [0, 0.05) is 19.3 Å². The molecule has 1 unspecified atom stereocenters. The smallest absolute Gasteiger partial charge is 0.306 e. The lowest BCUT2D eigenvalue weighted by molar-refractivity contribution is -0.167. The van der Waals surface area contributed by atoms with E-state index in [-0.39, 0.29) is 31.1 Å². The van der Waals surface area contributed by atoms with Crippen LogP contribution in [0.2, 0.25) is 0 Å². The Balaban J connectivity index is 3.99. The summed E-state index contributed by atoms with van der Waals surface area (Å²) in [4.78, 5) is 37.9. The molecule has 0 spiro atoms. The van der Waals surface area contributed by atoms with Gasteiger partial charge in [-0.1, -0.05) is 288 Å². The first-order valence-corrected chi connectivity index (χ1v) is 30.1. The highest BCUT2D eigenvalue weighted by atomic mass is 16.6. The number of unbranched alkanes of at least 4 members (excludes halogenated alkanes) is 36. The van der Waals surface area contributed by atoms with E-state index >= 15 is 0 Å². The van der Waals surface area contributed by atoms with Crippen LogP contribution in [0.3, 0.4) is 0 Å². The molecule has 0 saturated carbocycles. The van der Waals surface area contributed by atoms with E-state index in [9.17, 15) is 14.4 Å². The number of hydrogen-bond donors (Lipinski definition) is 0. The Bertz CT molecular complexity index is 1200. The van der Waals surface area contributed by atoms with E-state index in [2.05, 4.69) is 69.4 Å². The molecule has 402 valence electrons. The van der Waals surface area contributed by atoms with Crippen molar-refractivity contribution in [2.45, 2.75) is 322 Å². The van der Waals surface area contributed by atoms with E-state index in [1.165, 1.54) is 193 Å². The van der Waals surface area contributed by atoms with E-state index in [1.807, 2.05) is 0 Å². The van der Waals surface area contributed by atoms with E-state index in [4.69, 9.17) is 14.2 Å². The van der Waals surface area contributed by atoms with Gasteiger partial charge in [-0.25, -0.2) is 0 Å². The van der Waals surface area contributed by atoms with E-state index in [1.54, 1.807) is 0 Å². The van der Waals surface area contributed by atoms with Gasteiger partial charge in [-0.15, -0.1) is 0 Å². The van der Waals surface area contributed by atoms with Crippen LogP contribution in [-0.4, -0.2) is 37.2 Å². The van der Waals surface area contributed by atoms with E-state index < -0.39 is 6.10 Å². The van der Waals surface area contributed by atoms with Crippen molar-refractivity contribution in [3.63, 3.8) is 0 Å². The molecule has 0 heterocycles. The number of ether oxygens (including phenoxy) is 3. The third-order valence-electron chi connectivity index (χ3n) is 13.3. The molecule has 0 aliphatic carbocycles. The van der Waals surface area contributed by atoms with Crippen LogP contribution in [0, 0.1) is 0 Å². The van der Waals surface area contributed by atoms with Gasteiger partial charge in [0.15, 0.2) is 6.10 Å². The first kappa shape index (κ1) is 66.4. The first-order valence-electron chi connectivity index (χ1n) is 30.1. The summed E-state index contributed by atoms with van der Waals surface area (Å²) in [6.07, 6.45) is 71.4. The molecule has 0 aromatic rings. The van der Waals surface area contributed by atoms with Crippen molar-refractivity contribution in [1.29, 1.82) is 0 Å². The molecular weight excluding hydrogens is 853 g/mol. The molecule has 0 N–H and O–H groups in total. The van der Waals surface area contributed by atoms with Gasteiger partial charge < -0.3 is 14.2 Å². The summed E-state index contributed by atoms with van der Waals surface area (Å²) >= 11 is 0. The average Bonchev–Trinajstić information content (AvgIpc) is 3.35. The summed E-state index contributed by atoms with van der Waals surface area (Å²) in [5.74, 6) is -0.855. The first-order chi connectivity index (χ1) is 34.0. The van der Waals surface area contributed by atoms with Crippen LogP contribution in [0.15, 0.2) is 48.6 Å². The summed E-state index contributed by atoms with van der Waals surface area (Å²) in [6, 6.07) is 0. The summed E-state index contributed by atoms with van der Waals surface area (Å²) in [7, 11) is 0. The van der Waals surface area contributed by atoms with Crippen molar-refractivity contribution in [1.82, 2.24) is 0 Å². The zero-order valence-electron chi connectivity index (χ0n) is 46.1. The highest BCUT2D eigenvalue weighted by molar-refractivity contribution is 5.71. The fourth-order valence-electron chi connectivity index (χ4n) is 8.85. The molecule has 0 radical (unpaired) electrons. The second-order valence-electron chi connectivity index (χ2n) is 20.2. The summed E-state index contributed by atoms with van der Waals surface area (Å²) in [5, 5.41) is 0. The highest BCUT2D eigenvalue weighted by Crippen LogP contribution is 2.17. The number of rotatable bonds is 55. The van der Waals surface area contributed by atoms with Crippen molar-refractivity contribution < 1.29 is 28.6 Å². The van der Waals surface area contributed by atoms with Gasteiger partial charge in [0.1, 0.15) is 13.2 Å². The Morgan fingerprint density at radius 1 is 0.304 bits per heavy atom. The van der Waals surface area contributed by atoms with Crippen LogP contribution in [0.1, 0.15) is 316 Å². The third-order valence-corrected chi connectivity index (χ3v) is 13.3. The largest absolute Gasteiger partial charge is 0.462 e. The fraction of sp³-hybridized carbons (Fsp3) is 0.825.